The summed E-state index contributed by atoms with van der Waals surface area (Å²) in [5, 5.41) is 3.61. The number of anilines is 2. The summed E-state index contributed by atoms with van der Waals surface area (Å²) in [6.45, 7) is 8.58. The molecule has 1 aliphatic rings. The number of pyridine rings is 1. The number of ether oxygens (including phenoxy) is 1. The molecular weight excluding hydrogens is 238 g/mol. The van der Waals surface area contributed by atoms with Gasteiger partial charge in [0.15, 0.2) is 0 Å². The van der Waals surface area contributed by atoms with Crippen molar-refractivity contribution in [2.45, 2.75) is 51.4 Å². The molecule has 1 unspecified atom stereocenters. The number of nitrogens with zero attached hydrogens (tertiary/aromatic N) is 2. The smallest absolute Gasteiger partial charge is 0.0834 e. The third kappa shape index (κ3) is 3.00. The Bertz CT molecular complexity index is 454. The van der Waals surface area contributed by atoms with E-state index in [1.54, 1.807) is 0 Å². The zero-order valence-corrected chi connectivity index (χ0v) is 12.8. The lowest BCUT2D eigenvalue weighted by Crippen LogP contribution is -2.38. The van der Waals surface area contributed by atoms with Crippen LogP contribution in [0.15, 0.2) is 18.5 Å². The lowest BCUT2D eigenvalue weighted by atomic mass is 9.94. The van der Waals surface area contributed by atoms with Gasteiger partial charge in [-0.15, -0.1) is 0 Å². The molecule has 106 valence electrons. The summed E-state index contributed by atoms with van der Waals surface area (Å²) < 4.78 is 6.12. The van der Waals surface area contributed by atoms with Crippen LogP contribution >= 0.6 is 0 Å². The van der Waals surface area contributed by atoms with Crippen LogP contribution in [0.25, 0.3) is 0 Å². The maximum absolute atomic E-state index is 6.12. The third-order valence-electron chi connectivity index (χ3n) is 3.68. The molecule has 4 nitrogen and oxygen atoms in total. The van der Waals surface area contributed by atoms with Crippen LogP contribution in [0.4, 0.5) is 11.4 Å². The largest absolute Gasteiger partial charge is 0.376 e. The average molecular weight is 263 g/mol. The van der Waals surface area contributed by atoms with Gasteiger partial charge >= 0.3 is 0 Å². The quantitative estimate of drug-likeness (QED) is 0.910. The first-order chi connectivity index (χ1) is 8.71. The van der Waals surface area contributed by atoms with E-state index in [0.717, 1.165) is 17.8 Å². The van der Waals surface area contributed by atoms with E-state index in [4.69, 9.17) is 4.74 Å². The molecule has 2 rings (SSSR count). The van der Waals surface area contributed by atoms with Crippen LogP contribution in [0.2, 0.25) is 0 Å². The molecule has 19 heavy (non-hydrogen) atoms. The molecule has 1 aliphatic heterocycles. The van der Waals surface area contributed by atoms with Gasteiger partial charge in [0.1, 0.15) is 0 Å². The van der Waals surface area contributed by atoms with Crippen molar-refractivity contribution in [1.82, 2.24) is 4.98 Å². The Morgan fingerprint density at radius 2 is 2.00 bits per heavy atom. The SMILES string of the molecule is CN(C)c1ccncc1NC1CC(C)(C)OC1(C)C. The fraction of sp³-hybridized carbons (Fsp3) is 0.667. The fourth-order valence-electron chi connectivity index (χ4n) is 2.86. The van der Waals surface area contributed by atoms with Gasteiger partial charge in [-0.05, 0) is 40.2 Å². The van der Waals surface area contributed by atoms with Crippen molar-refractivity contribution in [1.29, 1.82) is 0 Å². The first-order valence-electron chi connectivity index (χ1n) is 6.79. The van der Waals surface area contributed by atoms with Crippen LogP contribution in [0.5, 0.6) is 0 Å². The van der Waals surface area contributed by atoms with Gasteiger partial charge in [-0.25, -0.2) is 0 Å². The summed E-state index contributed by atoms with van der Waals surface area (Å²) in [7, 11) is 4.08. The molecule has 0 amide bonds. The summed E-state index contributed by atoms with van der Waals surface area (Å²) in [4.78, 5) is 6.32. The van der Waals surface area contributed by atoms with Crippen LogP contribution in [0.1, 0.15) is 34.1 Å². The molecule has 0 saturated carbocycles. The zero-order chi connectivity index (χ0) is 14.3. The average Bonchev–Trinajstić information content (AvgIpc) is 2.47. The molecule has 1 aromatic rings. The number of hydrogen-bond acceptors (Lipinski definition) is 4. The number of aromatic nitrogens is 1. The Morgan fingerprint density at radius 1 is 1.32 bits per heavy atom. The van der Waals surface area contributed by atoms with E-state index in [-0.39, 0.29) is 17.2 Å². The van der Waals surface area contributed by atoms with Crippen molar-refractivity contribution < 1.29 is 4.74 Å². The summed E-state index contributed by atoms with van der Waals surface area (Å²) in [5.41, 5.74) is 1.95. The molecule has 4 heteroatoms. The minimum absolute atomic E-state index is 0.0817. The lowest BCUT2D eigenvalue weighted by Gasteiger charge is -2.29. The summed E-state index contributed by atoms with van der Waals surface area (Å²) in [6.07, 6.45) is 4.69. The minimum Gasteiger partial charge on any atom is -0.376 e. The molecule has 0 bridgehead atoms. The zero-order valence-electron chi connectivity index (χ0n) is 12.8. The van der Waals surface area contributed by atoms with Crippen molar-refractivity contribution in [3.8, 4) is 0 Å². The standard InChI is InChI=1S/C15H25N3O/c1-14(2)9-13(15(3,4)19-14)17-11-10-16-8-7-12(11)18(5)6/h7-8,10,13,17H,9H2,1-6H3. The first kappa shape index (κ1) is 14.1. The molecule has 1 saturated heterocycles. The lowest BCUT2D eigenvalue weighted by molar-refractivity contribution is -0.0662. The molecule has 1 atom stereocenters. The van der Waals surface area contributed by atoms with Crippen LogP contribution in [-0.4, -0.2) is 36.3 Å². The predicted molar refractivity (Wildman–Crippen MR) is 79.8 cm³/mol. The molecule has 1 N–H and O–H groups in total. The highest BCUT2D eigenvalue weighted by molar-refractivity contribution is 5.68. The monoisotopic (exact) mass is 263 g/mol. The Balaban J connectivity index is 2.22. The van der Waals surface area contributed by atoms with E-state index in [9.17, 15) is 0 Å². The molecule has 1 fully saturated rings. The number of nitrogens with one attached hydrogen (secondary N) is 1. The van der Waals surface area contributed by atoms with Crippen LogP contribution in [-0.2, 0) is 4.74 Å². The van der Waals surface area contributed by atoms with Crippen molar-refractivity contribution in [3.63, 3.8) is 0 Å². The first-order valence-corrected chi connectivity index (χ1v) is 6.79. The van der Waals surface area contributed by atoms with Gasteiger partial charge in [0.05, 0.1) is 34.8 Å². The summed E-state index contributed by atoms with van der Waals surface area (Å²) >= 11 is 0. The van der Waals surface area contributed by atoms with Gasteiger partial charge in [0.25, 0.3) is 0 Å². The van der Waals surface area contributed by atoms with E-state index < -0.39 is 0 Å². The Labute approximate surface area is 116 Å². The molecule has 2 heterocycles. The minimum atomic E-state index is -0.178. The molecule has 0 radical (unpaired) electrons. The van der Waals surface area contributed by atoms with E-state index in [2.05, 4.69) is 42.9 Å². The second kappa shape index (κ2) is 4.67. The van der Waals surface area contributed by atoms with Crippen LogP contribution in [0.3, 0.4) is 0 Å². The maximum atomic E-state index is 6.12. The van der Waals surface area contributed by atoms with Gasteiger partial charge in [0.2, 0.25) is 0 Å². The van der Waals surface area contributed by atoms with Gasteiger partial charge in [-0.1, -0.05) is 0 Å². The van der Waals surface area contributed by atoms with E-state index in [1.807, 2.05) is 32.6 Å². The summed E-state index contributed by atoms with van der Waals surface area (Å²) in [5.74, 6) is 0. The van der Waals surface area contributed by atoms with E-state index in [1.165, 1.54) is 0 Å². The van der Waals surface area contributed by atoms with Crippen molar-refractivity contribution in [3.05, 3.63) is 18.5 Å². The predicted octanol–water partition coefficient (Wildman–Crippen LogP) is 2.91. The van der Waals surface area contributed by atoms with E-state index >= 15 is 0 Å². The third-order valence-corrected chi connectivity index (χ3v) is 3.68. The topological polar surface area (TPSA) is 37.4 Å². The molecule has 1 aromatic heterocycles. The Kier molecular flexibility index (Phi) is 3.47. The Hall–Kier alpha value is -1.29. The molecular formula is C15H25N3O. The number of rotatable bonds is 3. The number of hydrogen-bond donors (Lipinski definition) is 1. The van der Waals surface area contributed by atoms with Crippen molar-refractivity contribution >= 4 is 11.4 Å². The molecule has 0 spiro atoms. The molecule has 0 aromatic carbocycles. The normalized spacial score (nSPS) is 24.2. The van der Waals surface area contributed by atoms with Gasteiger partial charge < -0.3 is 15.0 Å². The van der Waals surface area contributed by atoms with E-state index in [0.29, 0.717) is 0 Å². The van der Waals surface area contributed by atoms with Gasteiger partial charge in [0, 0.05) is 20.3 Å². The highest BCUT2D eigenvalue weighted by Crippen LogP contribution is 2.39. The highest BCUT2D eigenvalue weighted by Gasteiger charge is 2.46. The molecule has 0 aliphatic carbocycles. The van der Waals surface area contributed by atoms with Crippen LogP contribution in [0, 0.1) is 0 Å². The van der Waals surface area contributed by atoms with Crippen LogP contribution < -0.4 is 10.2 Å². The van der Waals surface area contributed by atoms with Gasteiger partial charge in [-0.3, -0.25) is 4.98 Å². The van der Waals surface area contributed by atoms with Crippen molar-refractivity contribution in [2.24, 2.45) is 0 Å². The second-order valence-electron chi connectivity index (χ2n) is 6.65. The summed E-state index contributed by atoms with van der Waals surface area (Å²) in [6, 6.07) is 2.31. The Morgan fingerprint density at radius 3 is 2.53 bits per heavy atom. The second-order valence-corrected chi connectivity index (χ2v) is 6.65. The van der Waals surface area contributed by atoms with Gasteiger partial charge in [-0.2, -0.15) is 0 Å². The highest BCUT2D eigenvalue weighted by atomic mass is 16.5. The maximum Gasteiger partial charge on any atom is 0.0834 e. The van der Waals surface area contributed by atoms with Crippen molar-refractivity contribution in [2.75, 3.05) is 24.3 Å². The fourth-order valence-corrected chi connectivity index (χ4v) is 2.86.